The number of nitrogens with one attached hydrogen (secondary N) is 1. The number of rotatable bonds is 8. The van der Waals surface area contributed by atoms with Crippen LogP contribution in [0.15, 0.2) is 60.8 Å². The molecule has 4 atom stereocenters. The van der Waals surface area contributed by atoms with Crippen LogP contribution in [0, 0.1) is 17.8 Å². The summed E-state index contributed by atoms with van der Waals surface area (Å²) in [5.74, 6) is -0.431. The molecule has 2 aromatic carbocycles. The molecule has 3 unspecified atom stereocenters. The minimum Gasteiger partial charge on any atom is -0.381 e. The summed E-state index contributed by atoms with van der Waals surface area (Å²) in [6.45, 7) is 4.09. The Balaban J connectivity index is 1.09. The largest absolute Gasteiger partial charge is 0.434 e. The van der Waals surface area contributed by atoms with E-state index in [1.165, 1.54) is 29.2 Å². The second-order valence-electron chi connectivity index (χ2n) is 11.6. The fourth-order valence-electron chi connectivity index (χ4n) is 6.51. The molecule has 6 rings (SSSR count). The molecule has 3 aromatic rings. The molecule has 0 bridgehead atoms. The maximum Gasteiger partial charge on any atom is 0.434 e. The minimum absolute atomic E-state index is 0.0106. The van der Waals surface area contributed by atoms with Gasteiger partial charge in [-0.25, -0.2) is 4.68 Å². The molecule has 0 aliphatic carbocycles. The van der Waals surface area contributed by atoms with Gasteiger partial charge >= 0.3 is 6.18 Å². The van der Waals surface area contributed by atoms with Crippen LogP contribution in [-0.2, 0) is 15.7 Å². The van der Waals surface area contributed by atoms with Crippen molar-refractivity contribution in [3.05, 3.63) is 82.6 Å². The predicted molar refractivity (Wildman–Crippen MR) is 154 cm³/mol. The SMILES string of the molecule is O=C(NC(CCN1CC2CN(C(=O)c3cnn(-c4ccc(Cl)cc4)c3C(F)(F)F)C[C@@H]2C1)c1ccccc1)C1CCOC1. The molecule has 12 heteroatoms. The van der Waals surface area contributed by atoms with Crippen LogP contribution in [0.5, 0.6) is 0 Å². The van der Waals surface area contributed by atoms with E-state index in [0.29, 0.717) is 31.3 Å². The molecule has 3 fully saturated rings. The maximum atomic E-state index is 14.2. The van der Waals surface area contributed by atoms with Crippen LogP contribution in [0.2, 0.25) is 5.02 Å². The zero-order chi connectivity index (χ0) is 30.1. The van der Waals surface area contributed by atoms with E-state index in [1.807, 2.05) is 30.3 Å². The Kier molecular flexibility index (Phi) is 8.48. The van der Waals surface area contributed by atoms with E-state index < -0.39 is 23.3 Å². The molecule has 8 nitrogen and oxygen atoms in total. The van der Waals surface area contributed by atoms with Crippen molar-refractivity contribution in [1.82, 2.24) is 24.9 Å². The molecule has 3 aliphatic rings. The highest BCUT2D eigenvalue weighted by atomic mass is 35.5. The molecule has 3 saturated heterocycles. The number of aromatic nitrogens is 2. The normalized spacial score (nSPS) is 23.0. The number of fused-ring (bicyclic) bond motifs is 1. The predicted octanol–water partition coefficient (Wildman–Crippen LogP) is 4.83. The van der Waals surface area contributed by atoms with Crippen LogP contribution in [-0.4, -0.2) is 77.3 Å². The number of halogens is 4. The van der Waals surface area contributed by atoms with Gasteiger partial charge in [0.15, 0.2) is 5.69 Å². The molecule has 2 amide bonds. The zero-order valence-corrected chi connectivity index (χ0v) is 24.2. The highest BCUT2D eigenvalue weighted by molar-refractivity contribution is 6.30. The lowest BCUT2D eigenvalue weighted by molar-refractivity contribution is -0.143. The van der Waals surface area contributed by atoms with E-state index in [4.69, 9.17) is 16.3 Å². The minimum atomic E-state index is -4.77. The standard InChI is InChI=1S/C31H33ClF3N5O3/c32-24-6-8-25(9-7-24)40-28(31(33,34)35)26(14-36-40)30(42)39-17-22-15-38(16-23(22)18-39)12-10-27(20-4-2-1-3-5-20)37-29(41)21-11-13-43-19-21/h1-9,14,21-23,27H,10-13,15-19H2,(H,37,41)/t21?,22-,23?,27?/m0/s1. The number of hydrogen-bond acceptors (Lipinski definition) is 5. The van der Waals surface area contributed by atoms with Gasteiger partial charge < -0.3 is 19.9 Å². The topological polar surface area (TPSA) is 79.7 Å². The van der Waals surface area contributed by atoms with E-state index in [9.17, 15) is 22.8 Å². The van der Waals surface area contributed by atoms with Gasteiger partial charge in [-0.15, -0.1) is 0 Å². The number of nitrogens with zero attached hydrogens (tertiary/aromatic N) is 4. The molecule has 4 heterocycles. The van der Waals surface area contributed by atoms with Crippen LogP contribution in [0.1, 0.15) is 40.5 Å². The number of carbonyl (C=O) groups is 2. The van der Waals surface area contributed by atoms with Crippen molar-refractivity contribution in [2.75, 3.05) is 45.9 Å². The third-order valence-electron chi connectivity index (χ3n) is 8.74. The fourth-order valence-corrected chi connectivity index (χ4v) is 6.64. The number of likely N-dealkylation sites (tertiary alicyclic amines) is 2. The summed E-state index contributed by atoms with van der Waals surface area (Å²) in [5.41, 5.74) is -0.318. The van der Waals surface area contributed by atoms with Crippen molar-refractivity contribution >= 4 is 23.4 Å². The first-order valence-corrected chi connectivity index (χ1v) is 14.9. The summed E-state index contributed by atoms with van der Waals surface area (Å²) in [6, 6.07) is 15.6. The molecule has 43 heavy (non-hydrogen) atoms. The summed E-state index contributed by atoms with van der Waals surface area (Å²) in [5, 5.41) is 7.54. The lowest BCUT2D eigenvalue weighted by atomic mass is 10.0. The fraction of sp³-hybridized carbons (Fsp3) is 0.452. The summed E-state index contributed by atoms with van der Waals surface area (Å²) in [7, 11) is 0. The molecule has 1 N–H and O–H groups in total. The van der Waals surface area contributed by atoms with Crippen LogP contribution < -0.4 is 5.32 Å². The van der Waals surface area contributed by atoms with Crippen molar-refractivity contribution in [3.63, 3.8) is 0 Å². The van der Waals surface area contributed by atoms with E-state index in [-0.39, 0.29) is 35.4 Å². The van der Waals surface area contributed by atoms with Gasteiger partial charge in [0, 0.05) is 44.4 Å². The van der Waals surface area contributed by atoms with Gasteiger partial charge in [-0.3, -0.25) is 9.59 Å². The Morgan fingerprint density at radius 1 is 1.02 bits per heavy atom. The Morgan fingerprint density at radius 3 is 2.35 bits per heavy atom. The Labute approximate surface area is 252 Å². The van der Waals surface area contributed by atoms with Gasteiger partial charge in [0.1, 0.15) is 0 Å². The first-order chi connectivity index (χ1) is 20.7. The zero-order valence-electron chi connectivity index (χ0n) is 23.5. The van der Waals surface area contributed by atoms with Crippen molar-refractivity contribution in [1.29, 1.82) is 0 Å². The number of amides is 2. The monoisotopic (exact) mass is 615 g/mol. The maximum absolute atomic E-state index is 14.2. The molecule has 1 aromatic heterocycles. The number of ether oxygens (including phenoxy) is 1. The smallest absolute Gasteiger partial charge is 0.381 e. The number of carbonyl (C=O) groups excluding carboxylic acids is 2. The summed E-state index contributed by atoms with van der Waals surface area (Å²) < 4.78 is 48.7. The van der Waals surface area contributed by atoms with Crippen molar-refractivity contribution in [2.45, 2.75) is 25.1 Å². The number of alkyl halides is 3. The van der Waals surface area contributed by atoms with E-state index >= 15 is 0 Å². The lowest BCUT2D eigenvalue weighted by Crippen LogP contribution is -2.37. The van der Waals surface area contributed by atoms with Gasteiger partial charge in [0.25, 0.3) is 5.91 Å². The van der Waals surface area contributed by atoms with Crippen molar-refractivity contribution in [3.8, 4) is 5.69 Å². The van der Waals surface area contributed by atoms with Gasteiger partial charge in [-0.2, -0.15) is 18.3 Å². The molecule has 0 spiro atoms. The first kappa shape index (κ1) is 29.7. The molecular weight excluding hydrogens is 583 g/mol. The van der Waals surface area contributed by atoms with Crippen LogP contribution >= 0.6 is 11.6 Å². The molecule has 0 radical (unpaired) electrons. The van der Waals surface area contributed by atoms with E-state index in [1.54, 1.807) is 0 Å². The third-order valence-corrected chi connectivity index (χ3v) is 8.99. The number of benzene rings is 2. The van der Waals surface area contributed by atoms with Crippen LogP contribution in [0.4, 0.5) is 13.2 Å². The molecular formula is C31H33ClF3N5O3. The molecule has 3 aliphatic heterocycles. The first-order valence-electron chi connectivity index (χ1n) is 14.5. The molecule has 228 valence electrons. The van der Waals surface area contributed by atoms with Crippen LogP contribution in [0.3, 0.4) is 0 Å². The molecule has 0 saturated carbocycles. The van der Waals surface area contributed by atoms with Gasteiger partial charge in [-0.05, 0) is 54.5 Å². The van der Waals surface area contributed by atoms with Crippen molar-refractivity contribution < 1.29 is 27.5 Å². The highest BCUT2D eigenvalue weighted by Gasteiger charge is 2.45. The Hall–Kier alpha value is -3.41. The summed E-state index contributed by atoms with van der Waals surface area (Å²) >= 11 is 5.90. The average Bonchev–Trinajstić information content (AvgIpc) is 3.79. The Morgan fingerprint density at radius 2 is 1.72 bits per heavy atom. The van der Waals surface area contributed by atoms with E-state index in [0.717, 1.165) is 48.9 Å². The van der Waals surface area contributed by atoms with Gasteiger partial charge in [0.2, 0.25) is 5.91 Å². The lowest BCUT2D eigenvalue weighted by Gasteiger charge is -2.25. The number of hydrogen-bond donors (Lipinski definition) is 1. The summed E-state index contributed by atoms with van der Waals surface area (Å²) in [6.07, 6.45) is -2.31. The third kappa shape index (κ3) is 6.44. The van der Waals surface area contributed by atoms with E-state index in [2.05, 4.69) is 15.3 Å². The highest BCUT2D eigenvalue weighted by Crippen LogP contribution is 2.37. The average molecular weight is 616 g/mol. The van der Waals surface area contributed by atoms with Gasteiger partial charge in [0.05, 0.1) is 36.0 Å². The quantitative estimate of drug-likeness (QED) is 0.393. The summed E-state index contributed by atoms with van der Waals surface area (Å²) in [4.78, 5) is 30.1. The van der Waals surface area contributed by atoms with Crippen molar-refractivity contribution in [2.24, 2.45) is 17.8 Å². The van der Waals surface area contributed by atoms with Gasteiger partial charge in [-0.1, -0.05) is 41.9 Å². The second-order valence-corrected chi connectivity index (χ2v) is 12.0. The second kappa shape index (κ2) is 12.3. The van der Waals surface area contributed by atoms with Crippen LogP contribution in [0.25, 0.3) is 5.69 Å². The Bertz CT molecular complexity index is 1430.